The van der Waals surface area contributed by atoms with E-state index in [4.69, 9.17) is 11.6 Å². The van der Waals surface area contributed by atoms with Gasteiger partial charge in [0.15, 0.2) is 0 Å². The van der Waals surface area contributed by atoms with Crippen LogP contribution in [0.1, 0.15) is 5.69 Å². The van der Waals surface area contributed by atoms with Crippen LogP contribution in [0.25, 0.3) is 0 Å². The topological polar surface area (TPSA) is 59.1 Å². The molecule has 0 aliphatic carbocycles. The van der Waals surface area contributed by atoms with E-state index in [1.807, 2.05) is 0 Å². The molecule has 1 aromatic heterocycles. The second-order valence-electron chi connectivity index (χ2n) is 2.68. The summed E-state index contributed by atoms with van der Waals surface area (Å²) >= 11 is 5.71. The predicted molar refractivity (Wildman–Crippen MR) is 52.5 cm³/mol. The van der Waals surface area contributed by atoms with Crippen LogP contribution in [0.2, 0.25) is 5.02 Å². The molecule has 0 fully saturated rings. The van der Waals surface area contributed by atoms with E-state index < -0.39 is 10.0 Å². The molecule has 0 bridgehead atoms. The van der Waals surface area contributed by atoms with Gasteiger partial charge in [-0.1, -0.05) is 11.6 Å². The lowest BCUT2D eigenvalue weighted by Gasteiger charge is -2.05. The Kier molecular flexibility index (Phi) is 2.77. The van der Waals surface area contributed by atoms with Crippen LogP contribution in [0, 0.1) is 6.92 Å². The van der Waals surface area contributed by atoms with Gasteiger partial charge in [-0.2, -0.15) is 0 Å². The van der Waals surface area contributed by atoms with Gasteiger partial charge in [-0.15, -0.1) is 0 Å². The Balaban J connectivity index is 3.08. The van der Waals surface area contributed by atoms with E-state index in [-0.39, 0.29) is 5.02 Å². The number of sulfonamides is 1. The minimum atomic E-state index is -3.28. The maximum atomic E-state index is 10.9. The molecule has 0 amide bonds. The standard InChI is InChI=1S/C7H9ClN2O2S/c1-5-3-7(6(8)4-9-5)10-13(2,11)12/h3-4H,1-2H3,(H,9,10). The summed E-state index contributed by atoms with van der Waals surface area (Å²) < 4.78 is 24.0. The van der Waals surface area contributed by atoms with Crippen LogP contribution in [0.4, 0.5) is 5.69 Å². The van der Waals surface area contributed by atoms with Crippen LogP contribution >= 0.6 is 11.6 Å². The molecule has 1 rings (SSSR count). The van der Waals surface area contributed by atoms with Gasteiger partial charge in [-0.3, -0.25) is 9.71 Å². The average molecular weight is 221 g/mol. The number of aryl methyl sites for hydroxylation is 1. The molecule has 0 aliphatic rings. The molecule has 1 aromatic rings. The smallest absolute Gasteiger partial charge is 0.229 e. The Hall–Kier alpha value is -0.810. The molecule has 0 spiro atoms. The summed E-state index contributed by atoms with van der Waals surface area (Å²) in [5.74, 6) is 0. The third-order valence-electron chi connectivity index (χ3n) is 1.29. The number of anilines is 1. The molecule has 1 heterocycles. The summed E-state index contributed by atoms with van der Waals surface area (Å²) in [6, 6.07) is 1.57. The first-order valence-electron chi connectivity index (χ1n) is 3.48. The molecule has 0 radical (unpaired) electrons. The molecular weight excluding hydrogens is 212 g/mol. The normalized spacial score (nSPS) is 11.3. The third kappa shape index (κ3) is 3.20. The van der Waals surface area contributed by atoms with Crippen molar-refractivity contribution in [3.8, 4) is 0 Å². The first kappa shape index (κ1) is 10.3. The average Bonchev–Trinajstić information content (AvgIpc) is 1.94. The molecule has 4 nitrogen and oxygen atoms in total. The van der Waals surface area contributed by atoms with Crippen molar-refractivity contribution in [3.05, 3.63) is 23.0 Å². The zero-order valence-corrected chi connectivity index (χ0v) is 8.78. The summed E-state index contributed by atoms with van der Waals surface area (Å²) in [4.78, 5) is 3.90. The van der Waals surface area contributed by atoms with Crippen molar-refractivity contribution in [1.82, 2.24) is 4.98 Å². The van der Waals surface area contributed by atoms with E-state index >= 15 is 0 Å². The number of hydrogen-bond donors (Lipinski definition) is 1. The second-order valence-corrected chi connectivity index (χ2v) is 4.84. The Bertz CT molecular complexity index is 417. The Labute approximate surface area is 82.0 Å². The predicted octanol–water partition coefficient (Wildman–Crippen LogP) is 1.41. The summed E-state index contributed by atoms with van der Waals surface area (Å²) in [7, 11) is -3.28. The van der Waals surface area contributed by atoms with Gasteiger partial charge < -0.3 is 0 Å². The van der Waals surface area contributed by atoms with Crippen LogP contribution in [0.5, 0.6) is 0 Å². The minimum Gasteiger partial charge on any atom is -0.282 e. The number of rotatable bonds is 2. The fraction of sp³-hybridized carbons (Fsp3) is 0.286. The summed E-state index contributed by atoms with van der Waals surface area (Å²) in [6.07, 6.45) is 2.48. The van der Waals surface area contributed by atoms with Crippen LogP contribution in [-0.4, -0.2) is 19.7 Å². The van der Waals surface area contributed by atoms with Gasteiger partial charge in [0.25, 0.3) is 0 Å². The summed E-state index contributed by atoms with van der Waals surface area (Å²) in [5, 5.41) is 0.288. The molecule has 1 N–H and O–H groups in total. The molecule has 72 valence electrons. The molecule has 0 aliphatic heterocycles. The van der Waals surface area contributed by atoms with Crippen molar-refractivity contribution in [2.24, 2.45) is 0 Å². The minimum absolute atomic E-state index is 0.288. The van der Waals surface area contributed by atoms with Gasteiger partial charge in [0.05, 0.1) is 17.0 Å². The van der Waals surface area contributed by atoms with Crippen molar-refractivity contribution in [2.75, 3.05) is 11.0 Å². The van der Waals surface area contributed by atoms with Gasteiger partial charge in [-0.05, 0) is 13.0 Å². The van der Waals surface area contributed by atoms with E-state index in [1.165, 1.54) is 6.20 Å². The van der Waals surface area contributed by atoms with Crippen molar-refractivity contribution in [2.45, 2.75) is 6.92 Å². The van der Waals surface area contributed by atoms with E-state index in [1.54, 1.807) is 13.0 Å². The third-order valence-corrected chi connectivity index (χ3v) is 2.18. The molecule has 0 atom stereocenters. The van der Waals surface area contributed by atoms with Crippen molar-refractivity contribution in [3.63, 3.8) is 0 Å². The number of hydrogen-bond acceptors (Lipinski definition) is 3. The maximum absolute atomic E-state index is 10.9. The van der Waals surface area contributed by atoms with Crippen LogP contribution in [0.15, 0.2) is 12.3 Å². The Morgan fingerprint density at radius 1 is 1.54 bits per heavy atom. The largest absolute Gasteiger partial charge is 0.282 e. The van der Waals surface area contributed by atoms with Crippen LogP contribution in [0.3, 0.4) is 0 Å². The van der Waals surface area contributed by atoms with Crippen LogP contribution in [-0.2, 0) is 10.0 Å². The molecule has 0 unspecified atom stereocenters. The zero-order chi connectivity index (χ0) is 10.1. The van der Waals surface area contributed by atoms with E-state index in [9.17, 15) is 8.42 Å². The number of aromatic nitrogens is 1. The number of halogens is 1. The fourth-order valence-electron chi connectivity index (χ4n) is 0.821. The molecule has 6 heteroatoms. The van der Waals surface area contributed by atoms with Crippen molar-refractivity contribution >= 4 is 27.3 Å². The Morgan fingerprint density at radius 2 is 2.15 bits per heavy atom. The maximum Gasteiger partial charge on any atom is 0.229 e. The van der Waals surface area contributed by atoms with Crippen LogP contribution < -0.4 is 4.72 Å². The highest BCUT2D eigenvalue weighted by molar-refractivity contribution is 7.92. The number of pyridine rings is 1. The lowest BCUT2D eigenvalue weighted by atomic mass is 10.3. The van der Waals surface area contributed by atoms with Gasteiger partial charge in [-0.25, -0.2) is 8.42 Å². The SMILES string of the molecule is Cc1cc(NS(C)(=O)=O)c(Cl)cn1. The first-order valence-corrected chi connectivity index (χ1v) is 5.75. The van der Waals surface area contributed by atoms with Gasteiger partial charge >= 0.3 is 0 Å². The van der Waals surface area contributed by atoms with Gasteiger partial charge in [0.2, 0.25) is 10.0 Å². The van der Waals surface area contributed by atoms with E-state index in [0.717, 1.165) is 6.26 Å². The molecule has 13 heavy (non-hydrogen) atoms. The lowest BCUT2D eigenvalue weighted by molar-refractivity contribution is 0.607. The number of nitrogens with zero attached hydrogens (tertiary/aromatic N) is 1. The second kappa shape index (κ2) is 3.51. The number of nitrogens with one attached hydrogen (secondary N) is 1. The summed E-state index contributed by atoms with van der Waals surface area (Å²) in [6.45, 7) is 1.75. The first-order chi connectivity index (χ1) is 5.88. The summed E-state index contributed by atoms with van der Waals surface area (Å²) in [5.41, 5.74) is 1.06. The quantitative estimate of drug-likeness (QED) is 0.820. The van der Waals surface area contributed by atoms with Crippen molar-refractivity contribution in [1.29, 1.82) is 0 Å². The highest BCUT2D eigenvalue weighted by atomic mass is 35.5. The van der Waals surface area contributed by atoms with Gasteiger partial charge in [0, 0.05) is 11.9 Å². The molecule has 0 aromatic carbocycles. The van der Waals surface area contributed by atoms with Gasteiger partial charge in [0.1, 0.15) is 0 Å². The zero-order valence-electron chi connectivity index (χ0n) is 7.20. The monoisotopic (exact) mass is 220 g/mol. The molecular formula is C7H9ClN2O2S. The van der Waals surface area contributed by atoms with Crippen molar-refractivity contribution < 1.29 is 8.42 Å². The van der Waals surface area contributed by atoms with E-state index in [2.05, 4.69) is 9.71 Å². The lowest BCUT2D eigenvalue weighted by Crippen LogP contribution is -2.10. The molecule has 0 saturated heterocycles. The molecule has 0 saturated carbocycles. The fourth-order valence-corrected chi connectivity index (χ4v) is 1.60. The Morgan fingerprint density at radius 3 is 2.69 bits per heavy atom. The highest BCUT2D eigenvalue weighted by Crippen LogP contribution is 2.21. The highest BCUT2D eigenvalue weighted by Gasteiger charge is 2.06. The van der Waals surface area contributed by atoms with E-state index in [0.29, 0.717) is 11.4 Å².